The number of hydrogen-bond acceptors (Lipinski definition) is 2. The monoisotopic (exact) mass is 286 g/mol. The van der Waals surface area contributed by atoms with Crippen LogP contribution in [0.5, 0.6) is 11.5 Å². The molecule has 0 amide bonds. The standard InChI is InChI=1S/C19H26O2/c1-5-6-7-8-13-21-19-15(3)10-11-16-17(19)12-9-14(2)18(16)20-4/h9-12H,5-8,13H2,1-4H3. The second kappa shape index (κ2) is 7.35. The van der Waals surface area contributed by atoms with Gasteiger partial charge in [0.15, 0.2) is 0 Å². The number of aryl methyl sites for hydroxylation is 2. The number of unbranched alkanes of at least 4 members (excludes halogenated alkanes) is 3. The maximum Gasteiger partial charge on any atom is 0.130 e. The van der Waals surface area contributed by atoms with E-state index >= 15 is 0 Å². The van der Waals surface area contributed by atoms with Crippen LogP contribution in [0.2, 0.25) is 0 Å². The van der Waals surface area contributed by atoms with Crippen LogP contribution in [0.15, 0.2) is 24.3 Å². The summed E-state index contributed by atoms with van der Waals surface area (Å²) in [6.45, 7) is 7.19. The molecule has 0 aliphatic heterocycles. The highest BCUT2D eigenvalue weighted by atomic mass is 16.5. The van der Waals surface area contributed by atoms with Gasteiger partial charge in [-0.1, -0.05) is 50.5 Å². The summed E-state index contributed by atoms with van der Waals surface area (Å²) in [6, 6.07) is 8.48. The van der Waals surface area contributed by atoms with Crippen molar-refractivity contribution in [3.63, 3.8) is 0 Å². The lowest BCUT2D eigenvalue weighted by Gasteiger charge is -2.15. The highest BCUT2D eigenvalue weighted by molar-refractivity contribution is 5.95. The minimum absolute atomic E-state index is 0.788. The van der Waals surface area contributed by atoms with E-state index in [1.54, 1.807) is 7.11 Å². The number of fused-ring (bicyclic) bond motifs is 1. The van der Waals surface area contributed by atoms with Gasteiger partial charge in [0.2, 0.25) is 0 Å². The van der Waals surface area contributed by atoms with Crippen molar-refractivity contribution in [3.05, 3.63) is 35.4 Å². The fourth-order valence-electron chi connectivity index (χ4n) is 2.73. The Balaban J connectivity index is 2.28. The summed E-state index contributed by atoms with van der Waals surface area (Å²) in [5.41, 5.74) is 2.34. The molecular weight excluding hydrogens is 260 g/mol. The first kappa shape index (κ1) is 15.7. The number of methoxy groups -OCH3 is 1. The van der Waals surface area contributed by atoms with E-state index in [1.807, 2.05) is 0 Å². The predicted molar refractivity (Wildman–Crippen MR) is 89.6 cm³/mol. The smallest absolute Gasteiger partial charge is 0.130 e. The summed E-state index contributed by atoms with van der Waals surface area (Å²) in [7, 11) is 1.73. The van der Waals surface area contributed by atoms with E-state index < -0.39 is 0 Å². The molecule has 0 bridgehead atoms. The largest absolute Gasteiger partial charge is 0.496 e. The van der Waals surface area contributed by atoms with Crippen molar-refractivity contribution in [2.45, 2.75) is 46.5 Å². The Hall–Kier alpha value is -1.70. The van der Waals surface area contributed by atoms with Crippen molar-refractivity contribution in [1.29, 1.82) is 0 Å². The van der Waals surface area contributed by atoms with Gasteiger partial charge >= 0.3 is 0 Å². The molecule has 2 rings (SSSR count). The molecule has 2 nitrogen and oxygen atoms in total. The molecule has 0 spiro atoms. The molecule has 0 atom stereocenters. The fourth-order valence-corrected chi connectivity index (χ4v) is 2.73. The summed E-state index contributed by atoms with van der Waals surface area (Å²) in [4.78, 5) is 0. The van der Waals surface area contributed by atoms with Gasteiger partial charge in [-0.05, 0) is 31.4 Å². The molecule has 0 N–H and O–H groups in total. The third-order valence-electron chi connectivity index (χ3n) is 3.94. The summed E-state index contributed by atoms with van der Waals surface area (Å²) in [5, 5.41) is 2.28. The first-order valence-electron chi connectivity index (χ1n) is 7.88. The Morgan fingerprint density at radius 3 is 2.05 bits per heavy atom. The zero-order chi connectivity index (χ0) is 15.2. The molecule has 2 aromatic carbocycles. The van der Waals surface area contributed by atoms with E-state index in [-0.39, 0.29) is 0 Å². The van der Waals surface area contributed by atoms with Crippen LogP contribution >= 0.6 is 0 Å². The topological polar surface area (TPSA) is 18.5 Å². The van der Waals surface area contributed by atoms with Crippen LogP contribution in [0.4, 0.5) is 0 Å². The Labute approximate surface area is 128 Å². The van der Waals surface area contributed by atoms with E-state index in [0.29, 0.717) is 0 Å². The Morgan fingerprint density at radius 2 is 1.43 bits per heavy atom. The predicted octanol–water partition coefficient (Wildman–Crippen LogP) is 5.42. The summed E-state index contributed by atoms with van der Waals surface area (Å²) in [5.74, 6) is 1.95. The summed E-state index contributed by atoms with van der Waals surface area (Å²) >= 11 is 0. The highest BCUT2D eigenvalue weighted by Crippen LogP contribution is 2.36. The number of ether oxygens (including phenoxy) is 2. The Bertz CT molecular complexity index is 602. The van der Waals surface area contributed by atoms with Gasteiger partial charge < -0.3 is 9.47 Å². The van der Waals surface area contributed by atoms with E-state index in [4.69, 9.17) is 9.47 Å². The lowest BCUT2D eigenvalue weighted by molar-refractivity contribution is 0.306. The second-order valence-electron chi connectivity index (χ2n) is 5.63. The molecule has 2 heteroatoms. The van der Waals surface area contributed by atoms with Crippen molar-refractivity contribution >= 4 is 10.8 Å². The molecule has 114 valence electrons. The van der Waals surface area contributed by atoms with Gasteiger partial charge in [-0.15, -0.1) is 0 Å². The zero-order valence-corrected chi connectivity index (χ0v) is 13.7. The molecule has 0 aliphatic carbocycles. The number of hydrogen-bond donors (Lipinski definition) is 0. The second-order valence-corrected chi connectivity index (χ2v) is 5.63. The first-order valence-corrected chi connectivity index (χ1v) is 7.88. The molecule has 0 radical (unpaired) electrons. The third kappa shape index (κ3) is 3.49. The van der Waals surface area contributed by atoms with Crippen LogP contribution in [0, 0.1) is 13.8 Å². The molecular formula is C19H26O2. The van der Waals surface area contributed by atoms with Gasteiger partial charge in [-0.2, -0.15) is 0 Å². The Kier molecular flexibility index (Phi) is 5.49. The normalized spacial score (nSPS) is 10.9. The van der Waals surface area contributed by atoms with Crippen molar-refractivity contribution in [2.75, 3.05) is 13.7 Å². The molecule has 2 aromatic rings. The minimum Gasteiger partial charge on any atom is -0.496 e. The van der Waals surface area contributed by atoms with Gasteiger partial charge in [0.25, 0.3) is 0 Å². The summed E-state index contributed by atoms with van der Waals surface area (Å²) < 4.78 is 11.6. The van der Waals surface area contributed by atoms with E-state index in [9.17, 15) is 0 Å². The van der Waals surface area contributed by atoms with Crippen LogP contribution in [0.1, 0.15) is 43.7 Å². The lowest BCUT2D eigenvalue weighted by atomic mass is 10.0. The average Bonchev–Trinajstić information content (AvgIpc) is 2.49. The molecule has 0 saturated heterocycles. The van der Waals surface area contributed by atoms with Gasteiger partial charge in [0.05, 0.1) is 13.7 Å². The molecule has 0 aliphatic rings. The third-order valence-corrected chi connectivity index (χ3v) is 3.94. The molecule has 21 heavy (non-hydrogen) atoms. The molecule has 0 heterocycles. The quantitative estimate of drug-likeness (QED) is 0.632. The SMILES string of the molecule is CCCCCCOc1c(C)ccc2c(OC)c(C)ccc12. The van der Waals surface area contributed by atoms with Crippen LogP contribution in [0.25, 0.3) is 10.8 Å². The van der Waals surface area contributed by atoms with E-state index in [2.05, 4.69) is 45.0 Å². The maximum atomic E-state index is 6.08. The van der Waals surface area contributed by atoms with Crippen LogP contribution < -0.4 is 9.47 Å². The molecule has 0 saturated carbocycles. The van der Waals surface area contributed by atoms with Crippen molar-refractivity contribution in [1.82, 2.24) is 0 Å². The van der Waals surface area contributed by atoms with Crippen molar-refractivity contribution in [3.8, 4) is 11.5 Å². The highest BCUT2D eigenvalue weighted by Gasteiger charge is 2.11. The molecule has 0 fully saturated rings. The fraction of sp³-hybridized carbons (Fsp3) is 0.474. The van der Waals surface area contributed by atoms with Gasteiger partial charge in [-0.3, -0.25) is 0 Å². The Morgan fingerprint density at radius 1 is 0.810 bits per heavy atom. The van der Waals surface area contributed by atoms with Crippen molar-refractivity contribution in [2.24, 2.45) is 0 Å². The van der Waals surface area contributed by atoms with Gasteiger partial charge in [0, 0.05) is 10.8 Å². The first-order chi connectivity index (χ1) is 10.2. The lowest BCUT2D eigenvalue weighted by Crippen LogP contribution is -2.00. The van der Waals surface area contributed by atoms with Crippen LogP contribution in [-0.4, -0.2) is 13.7 Å². The van der Waals surface area contributed by atoms with Gasteiger partial charge in [-0.25, -0.2) is 0 Å². The van der Waals surface area contributed by atoms with Crippen molar-refractivity contribution < 1.29 is 9.47 Å². The average molecular weight is 286 g/mol. The van der Waals surface area contributed by atoms with Crippen LogP contribution in [0.3, 0.4) is 0 Å². The number of benzene rings is 2. The maximum absolute atomic E-state index is 6.08. The minimum atomic E-state index is 0.788. The van der Waals surface area contributed by atoms with E-state index in [1.165, 1.54) is 24.8 Å². The molecule has 0 unspecified atom stereocenters. The number of rotatable bonds is 7. The van der Waals surface area contributed by atoms with Crippen LogP contribution in [-0.2, 0) is 0 Å². The molecule has 0 aromatic heterocycles. The summed E-state index contributed by atoms with van der Waals surface area (Å²) in [6.07, 6.45) is 4.89. The van der Waals surface area contributed by atoms with Gasteiger partial charge in [0.1, 0.15) is 11.5 Å². The van der Waals surface area contributed by atoms with E-state index in [0.717, 1.165) is 40.9 Å². The zero-order valence-electron chi connectivity index (χ0n) is 13.7.